The molecule has 0 spiro atoms. The molecule has 0 aliphatic heterocycles. The topological polar surface area (TPSA) is 12.9 Å². The number of rotatable bonds is 5. The molecule has 0 saturated carbocycles. The van der Waals surface area contributed by atoms with Gasteiger partial charge >= 0.3 is 0 Å². The molecule has 0 aliphatic carbocycles. The van der Waals surface area contributed by atoms with E-state index in [4.69, 9.17) is 4.98 Å². The molecule has 0 radical (unpaired) electrons. The lowest BCUT2D eigenvalue weighted by Crippen LogP contribution is -1.94. The minimum absolute atomic E-state index is 1.12. The Labute approximate surface area is 143 Å². The fourth-order valence-corrected chi connectivity index (χ4v) is 3.71. The molecule has 1 aromatic heterocycles. The van der Waals surface area contributed by atoms with Crippen molar-refractivity contribution in [2.75, 3.05) is 0 Å². The minimum atomic E-state index is 1.12. The third-order valence-corrected chi connectivity index (χ3v) is 4.97. The fourth-order valence-electron chi connectivity index (χ4n) is 3.71. The number of aromatic nitrogens is 1. The van der Waals surface area contributed by atoms with E-state index in [9.17, 15) is 0 Å². The zero-order valence-corrected chi connectivity index (χ0v) is 14.3. The Kier molecular flexibility index (Phi) is 4.17. The van der Waals surface area contributed by atoms with Crippen LogP contribution >= 0.6 is 0 Å². The third-order valence-electron chi connectivity index (χ3n) is 4.97. The molecule has 1 nitrogen and oxygen atoms in total. The number of nitrogens with zero attached hydrogens (tertiary/aromatic N) is 1. The van der Waals surface area contributed by atoms with Gasteiger partial charge in [-0.25, -0.2) is 4.98 Å². The van der Waals surface area contributed by atoms with Crippen LogP contribution in [0.4, 0.5) is 0 Å². The van der Waals surface area contributed by atoms with Gasteiger partial charge in [-0.2, -0.15) is 0 Å². The molecule has 0 unspecified atom stereocenters. The molecular formula is C23H23N. The standard InChI is InChI=1S/C23H23N/c1-2-3-4-5-12-19-20-13-8-9-14-22(20)24-23-18-11-7-6-10-17(18)15-16-21(19)23/h6-11,13-16H,2-5,12H2,1H3. The molecule has 24 heavy (non-hydrogen) atoms. The highest BCUT2D eigenvalue weighted by molar-refractivity contribution is 6.10. The van der Waals surface area contributed by atoms with E-state index in [-0.39, 0.29) is 0 Å². The molecule has 1 heteroatoms. The first kappa shape index (κ1) is 15.1. The first-order valence-electron chi connectivity index (χ1n) is 9.07. The van der Waals surface area contributed by atoms with E-state index in [1.165, 1.54) is 52.8 Å². The van der Waals surface area contributed by atoms with Crippen LogP contribution < -0.4 is 0 Å². The van der Waals surface area contributed by atoms with Crippen molar-refractivity contribution < 1.29 is 0 Å². The maximum Gasteiger partial charge on any atom is 0.0790 e. The molecule has 0 aliphatic rings. The number of benzene rings is 3. The summed E-state index contributed by atoms with van der Waals surface area (Å²) < 4.78 is 0. The summed E-state index contributed by atoms with van der Waals surface area (Å²) in [5.74, 6) is 0. The zero-order valence-electron chi connectivity index (χ0n) is 14.3. The summed E-state index contributed by atoms with van der Waals surface area (Å²) in [6, 6.07) is 21.7. The molecule has 1 heterocycles. The van der Waals surface area contributed by atoms with E-state index in [0.29, 0.717) is 0 Å². The first-order valence-corrected chi connectivity index (χ1v) is 9.07. The Morgan fingerprint density at radius 3 is 2.38 bits per heavy atom. The van der Waals surface area contributed by atoms with E-state index in [1.54, 1.807) is 0 Å². The van der Waals surface area contributed by atoms with Crippen LogP contribution in [0.3, 0.4) is 0 Å². The maximum atomic E-state index is 5.01. The summed E-state index contributed by atoms with van der Waals surface area (Å²) >= 11 is 0. The predicted octanol–water partition coefficient (Wildman–Crippen LogP) is 6.66. The van der Waals surface area contributed by atoms with Gasteiger partial charge in [-0.15, -0.1) is 0 Å². The highest BCUT2D eigenvalue weighted by atomic mass is 14.7. The molecule has 0 bridgehead atoms. The largest absolute Gasteiger partial charge is 0.247 e. The van der Waals surface area contributed by atoms with Crippen molar-refractivity contribution >= 4 is 32.6 Å². The van der Waals surface area contributed by atoms with Gasteiger partial charge in [0.05, 0.1) is 11.0 Å². The van der Waals surface area contributed by atoms with Crippen LogP contribution in [0.25, 0.3) is 32.6 Å². The number of fused-ring (bicyclic) bond motifs is 4. The van der Waals surface area contributed by atoms with Crippen molar-refractivity contribution in [3.8, 4) is 0 Å². The lowest BCUT2D eigenvalue weighted by atomic mass is 9.95. The molecule has 0 fully saturated rings. The van der Waals surface area contributed by atoms with Gasteiger partial charge in [0.1, 0.15) is 0 Å². The van der Waals surface area contributed by atoms with Gasteiger partial charge in [0.25, 0.3) is 0 Å². The summed E-state index contributed by atoms with van der Waals surface area (Å²) in [6.45, 7) is 2.27. The number of para-hydroxylation sites is 1. The van der Waals surface area contributed by atoms with Crippen LogP contribution in [0.15, 0.2) is 60.7 Å². The van der Waals surface area contributed by atoms with E-state index in [2.05, 4.69) is 67.6 Å². The average Bonchev–Trinajstić information content (AvgIpc) is 2.64. The van der Waals surface area contributed by atoms with Gasteiger partial charge in [-0.3, -0.25) is 0 Å². The van der Waals surface area contributed by atoms with Gasteiger partial charge in [-0.05, 0) is 29.9 Å². The van der Waals surface area contributed by atoms with Crippen molar-refractivity contribution in [2.45, 2.75) is 39.0 Å². The van der Waals surface area contributed by atoms with E-state index < -0.39 is 0 Å². The molecule has 0 N–H and O–H groups in total. The first-order chi connectivity index (χ1) is 11.9. The quantitative estimate of drug-likeness (QED) is 0.228. The smallest absolute Gasteiger partial charge is 0.0790 e. The summed E-state index contributed by atoms with van der Waals surface area (Å²) in [7, 11) is 0. The number of pyridine rings is 1. The van der Waals surface area contributed by atoms with Crippen LogP contribution in [0.2, 0.25) is 0 Å². The zero-order chi connectivity index (χ0) is 16.4. The van der Waals surface area contributed by atoms with Gasteiger partial charge in [-0.1, -0.05) is 80.8 Å². The van der Waals surface area contributed by atoms with Crippen LogP contribution in [0, 0.1) is 0 Å². The second kappa shape index (κ2) is 6.60. The third kappa shape index (κ3) is 2.65. The SMILES string of the molecule is CCCCCCc1c2ccccc2nc2c1ccc1ccccc12. The Balaban J connectivity index is 1.95. The van der Waals surface area contributed by atoms with E-state index in [0.717, 1.165) is 17.5 Å². The molecule has 3 aromatic carbocycles. The molecule has 4 aromatic rings. The Morgan fingerprint density at radius 1 is 0.708 bits per heavy atom. The monoisotopic (exact) mass is 313 g/mol. The lowest BCUT2D eigenvalue weighted by molar-refractivity contribution is 0.669. The highest BCUT2D eigenvalue weighted by Crippen LogP contribution is 2.32. The second-order valence-electron chi connectivity index (χ2n) is 6.60. The van der Waals surface area contributed by atoms with Crippen molar-refractivity contribution in [3.05, 3.63) is 66.2 Å². The number of unbranched alkanes of at least 4 members (excludes halogenated alkanes) is 3. The molecule has 0 amide bonds. The molecule has 0 atom stereocenters. The maximum absolute atomic E-state index is 5.01. The normalized spacial score (nSPS) is 11.5. The van der Waals surface area contributed by atoms with Crippen molar-refractivity contribution in [1.29, 1.82) is 0 Å². The van der Waals surface area contributed by atoms with Crippen LogP contribution in [-0.2, 0) is 6.42 Å². The summed E-state index contributed by atoms with van der Waals surface area (Å²) in [5, 5.41) is 5.17. The van der Waals surface area contributed by atoms with Crippen molar-refractivity contribution in [2.24, 2.45) is 0 Å². The number of hydrogen-bond donors (Lipinski definition) is 0. The van der Waals surface area contributed by atoms with Crippen molar-refractivity contribution in [1.82, 2.24) is 4.98 Å². The Hall–Kier alpha value is -2.41. The van der Waals surface area contributed by atoms with Gasteiger partial charge < -0.3 is 0 Å². The van der Waals surface area contributed by atoms with Gasteiger partial charge in [0.2, 0.25) is 0 Å². The van der Waals surface area contributed by atoms with Crippen LogP contribution in [0.5, 0.6) is 0 Å². The molecular weight excluding hydrogens is 290 g/mol. The van der Waals surface area contributed by atoms with E-state index >= 15 is 0 Å². The Morgan fingerprint density at radius 2 is 1.50 bits per heavy atom. The number of aryl methyl sites for hydroxylation is 1. The fraction of sp³-hybridized carbons (Fsp3) is 0.261. The highest BCUT2D eigenvalue weighted by Gasteiger charge is 2.11. The van der Waals surface area contributed by atoms with Crippen LogP contribution in [0.1, 0.15) is 38.2 Å². The number of hydrogen-bond acceptors (Lipinski definition) is 1. The molecule has 120 valence electrons. The van der Waals surface area contributed by atoms with E-state index in [1.807, 2.05) is 0 Å². The second-order valence-corrected chi connectivity index (χ2v) is 6.60. The van der Waals surface area contributed by atoms with Gasteiger partial charge in [0, 0.05) is 16.2 Å². The average molecular weight is 313 g/mol. The predicted molar refractivity (Wildman–Crippen MR) is 105 cm³/mol. The van der Waals surface area contributed by atoms with Crippen molar-refractivity contribution in [3.63, 3.8) is 0 Å². The Bertz CT molecular complexity index is 1000. The molecule has 0 saturated heterocycles. The summed E-state index contributed by atoms with van der Waals surface area (Å²) in [5.41, 5.74) is 3.74. The summed E-state index contributed by atoms with van der Waals surface area (Å²) in [4.78, 5) is 5.01. The molecule has 4 rings (SSSR count). The minimum Gasteiger partial charge on any atom is -0.247 e. The lowest BCUT2D eigenvalue weighted by Gasteiger charge is -2.12. The van der Waals surface area contributed by atoms with Gasteiger partial charge in [0.15, 0.2) is 0 Å². The summed E-state index contributed by atoms with van der Waals surface area (Å²) in [6.07, 6.45) is 6.30. The van der Waals surface area contributed by atoms with Crippen LogP contribution in [-0.4, -0.2) is 4.98 Å².